The van der Waals surface area contributed by atoms with E-state index in [0.29, 0.717) is 0 Å². The second kappa shape index (κ2) is 52.0. The lowest BCUT2D eigenvalue weighted by molar-refractivity contribution is 0.397. The number of aromatic nitrogens is 4. The van der Waals surface area contributed by atoms with Crippen LogP contribution in [0.2, 0.25) is 0 Å². The van der Waals surface area contributed by atoms with Gasteiger partial charge in [0.05, 0.1) is 42.8 Å². The molecule has 8 bridgehead atoms. The maximum Gasteiger partial charge on any atom is 0.0801 e. The Labute approximate surface area is 730 Å². The van der Waals surface area contributed by atoms with Gasteiger partial charge in [-0.2, -0.15) is 0 Å². The highest BCUT2D eigenvalue weighted by atomic mass is 79.9. The highest BCUT2D eigenvalue weighted by Gasteiger charge is 2.45. The molecule has 0 amide bonds. The number of fused-ring (bicyclic) bond motifs is 14. The lowest BCUT2D eigenvalue weighted by Gasteiger charge is -2.34. The van der Waals surface area contributed by atoms with Crippen LogP contribution in [0.5, 0.6) is 0 Å². The predicted octanol–water partition coefficient (Wildman–Crippen LogP) is 37.9. The molecule has 2 aliphatic carbocycles. The molecular formula is C111H158Br2N4. The number of unbranched alkanes of at least 4 members (excludes halogenated alkanes) is 55. The third-order valence-corrected chi connectivity index (χ3v) is 29.5. The molecule has 4 aliphatic rings. The molecule has 4 nitrogen and oxygen atoms in total. The summed E-state index contributed by atoms with van der Waals surface area (Å²) >= 11 is 8.49. The highest BCUT2D eigenvalue weighted by Crippen LogP contribution is 2.59. The van der Waals surface area contributed by atoms with Crippen molar-refractivity contribution in [3.05, 3.63) is 163 Å². The third-order valence-electron chi connectivity index (χ3n) is 27.8. The summed E-state index contributed by atoms with van der Waals surface area (Å²) in [5.41, 5.74) is 23.9. The molecular weight excluding hydrogens is 1550 g/mol. The molecule has 3 aromatic heterocycles. The Kier molecular flexibility index (Phi) is 41.0. The summed E-state index contributed by atoms with van der Waals surface area (Å²) in [6.45, 7) is 9.51. The molecule has 11 rings (SSSR count). The Balaban J connectivity index is 0.758. The first-order valence-electron chi connectivity index (χ1n) is 49.7. The van der Waals surface area contributed by atoms with Gasteiger partial charge >= 0.3 is 0 Å². The van der Waals surface area contributed by atoms with E-state index in [2.05, 4.69) is 203 Å². The number of benzene rings is 4. The maximum absolute atomic E-state index is 5.75. The van der Waals surface area contributed by atoms with Gasteiger partial charge < -0.3 is 9.97 Å². The predicted molar refractivity (Wildman–Crippen MR) is 522 cm³/mol. The first kappa shape index (κ1) is 92.2. The summed E-state index contributed by atoms with van der Waals surface area (Å²) in [5.74, 6) is 0. The van der Waals surface area contributed by atoms with Crippen molar-refractivity contribution in [2.75, 3.05) is 0 Å². The van der Waals surface area contributed by atoms with Gasteiger partial charge in [0.1, 0.15) is 0 Å². The molecule has 1 atom stereocenters. The second-order valence-corrected chi connectivity index (χ2v) is 38.6. The van der Waals surface area contributed by atoms with Gasteiger partial charge in [0.15, 0.2) is 0 Å². The van der Waals surface area contributed by atoms with E-state index in [1.54, 1.807) is 0 Å². The number of rotatable bonds is 63. The molecule has 0 spiro atoms. The Morgan fingerprint density at radius 3 is 0.829 bits per heavy atom. The van der Waals surface area contributed by atoms with E-state index < -0.39 is 0 Å². The number of hydrogen-bond donors (Lipinski definition) is 2. The van der Waals surface area contributed by atoms with Crippen LogP contribution in [-0.4, -0.2) is 19.9 Å². The summed E-state index contributed by atoms with van der Waals surface area (Å²) in [6.07, 6.45) is 93.5. The molecule has 6 heteroatoms. The Bertz CT molecular complexity index is 4240. The summed E-state index contributed by atoms with van der Waals surface area (Å²) in [7, 11) is 0. The van der Waals surface area contributed by atoms with Gasteiger partial charge in [-0.25, -0.2) is 9.97 Å². The Morgan fingerprint density at radius 1 is 0.239 bits per heavy atom. The fourth-order valence-corrected chi connectivity index (χ4v) is 21.9. The van der Waals surface area contributed by atoms with Gasteiger partial charge in [-0.15, -0.1) is 0 Å². The van der Waals surface area contributed by atoms with Gasteiger partial charge in [-0.05, 0) is 155 Å². The molecule has 5 heterocycles. The van der Waals surface area contributed by atoms with E-state index in [4.69, 9.17) is 9.97 Å². The average Bonchev–Trinajstić information content (AvgIpc) is 1.55. The van der Waals surface area contributed by atoms with Crippen molar-refractivity contribution in [1.29, 1.82) is 0 Å². The highest BCUT2D eigenvalue weighted by molar-refractivity contribution is 9.11. The van der Waals surface area contributed by atoms with Crippen LogP contribution in [-0.2, 0) is 10.8 Å². The fourth-order valence-electron chi connectivity index (χ4n) is 21.0. The van der Waals surface area contributed by atoms with Crippen molar-refractivity contribution in [3.63, 3.8) is 0 Å². The summed E-state index contributed by atoms with van der Waals surface area (Å²) in [5, 5.41) is 0. The van der Waals surface area contributed by atoms with Crippen molar-refractivity contribution < 1.29 is 0 Å². The topological polar surface area (TPSA) is 57.4 Å². The number of hydrogen-bond acceptors (Lipinski definition) is 2. The maximum atomic E-state index is 5.75. The van der Waals surface area contributed by atoms with Crippen molar-refractivity contribution in [3.8, 4) is 44.5 Å². The van der Waals surface area contributed by atoms with Gasteiger partial charge in [0, 0.05) is 33.0 Å². The molecule has 117 heavy (non-hydrogen) atoms. The van der Waals surface area contributed by atoms with Crippen molar-refractivity contribution in [1.82, 2.24) is 19.9 Å². The van der Waals surface area contributed by atoms with E-state index in [0.717, 1.165) is 84.2 Å². The lowest BCUT2D eigenvalue weighted by atomic mass is 9.68. The lowest BCUT2D eigenvalue weighted by Crippen LogP contribution is -2.26. The molecule has 0 saturated carbocycles. The molecule has 0 saturated heterocycles. The molecule has 1 unspecified atom stereocenters. The molecule has 7 aromatic rings. The number of halogens is 2. The number of H-pyrrole nitrogens is 2. The molecule has 2 N–H and O–H groups in total. The summed E-state index contributed by atoms with van der Waals surface area (Å²) in [6, 6.07) is 42.3. The van der Waals surface area contributed by atoms with Crippen LogP contribution in [0, 0.1) is 0 Å². The van der Waals surface area contributed by atoms with Crippen LogP contribution < -0.4 is 0 Å². The largest absolute Gasteiger partial charge is 0.354 e. The number of nitrogens with zero attached hydrogens (tertiary/aromatic N) is 2. The monoisotopic (exact) mass is 1710 g/mol. The molecule has 4 aromatic carbocycles. The van der Waals surface area contributed by atoms with Crippen LogP contribution in [0.4, 0.5) is 0 Å². The van der Waals surface area contributed by atoms with Gasteiger partial charge in [0.25, 0.3) is 0 Å². The SMILES string of the molecule is CCCCCCCCCCCCCCCCCCCCCCCCCCCCCCCCC1(C)c2ccccc2-c2cccc(-c3c4nc(c(Br)c5ccc([nH]5)c(-c5cccc6c5C(CCCCCCCCCCCCCCCC)(CCCCCCCCCCCCCCCC)c5ccccc5-6)c5nc(c(Br)c6ccc3[nH]6)C=C5)C=C4)c21. The van der Waals surface area contributed by atoms with E-state index in [-0.39, 0.29) is 10.8 Å². The van der Waals surface area contributed by atoms with Crippen LogP contribution in [0.1, 0.15) is 464 Å². The van der Waals surface area contributed by atoms with Gasteiger partial charge in [-0.3, -0.25) is 0 Å². The minimum absolute atomic E-state index is 0.129. The smallest absolute Gasteiger partial charge is 0.0801 e. The second-order valence-electron chi connectivity index (χ2n) is 37.0. The Hall–Kier alpha value is -5.56. The van der Waals surface area contributed by atoms with Crippen molar-refractivity contribution in [2.45, 2.75) is 430 Å². The van der Waals surface area contributed by atoms with Gasteiger partial charge in [-0.1, -0.05) is 485 Å². The quantitative estimate of drug-likeness (QED) is 0.0373. The molecule has 0 fully saturated rings. The first-order chi connectivity index (χ1) is 57.8. The van der Waals surface area contributed by atoms with E-state index in [1.807, 2.05) is 0 Å². The van der Waals surface area contributed by atoms with Crippen LogP contribution in [0.3, 0.4) is 0 Å². The minimum atomic E-state index is -0.176. The van der Waals surface area contributed by atoms with Crippen molar-refractivity contribution >= 4 is 78.2 Å². The minimum Gasteiger partial charge on any atom is -0.354 e. The standard InChI is InChI=1S/C111H158Br2N4/c1-5-8-11-14-17-20-23-26-29-30-31-32-33-34-35-36-37-38-39-40-41-42-43-44-45-48-51-54-57-64-85-110(4)94-75-62-60-69-88(94)90-71-67-73-92(106(90)110)104-96-77-81-100(114-96)108(112)102-83-79-98(116-102)105(99-80-84-103(117-99)109(113)101-82-78-97(104)115-101)93-74-68-72-91-89-70-61-63-76-95(89)111(107(91)93,86-65-58-55-52-49-46-27-24-21-18-15-12-9-6-2)87-66-59-56-53-50-47-28-25-22-19-16-13-10-7-3/h60-63,67-84,114,117H,5-59,64-66,85-87H2,1-4H3. The van der Waals surface area contributed by atoms with Crippen molar-refractivity contribution in [2.24, 2.45) is 0 Å². The number of aromatic amines is 2. The van der Waals surface area contributed by atoms with Crippen LogP contribution in [0.25, 0.3) is 90.9 Å². The van der Waals surface area contributed by atoms with E-state index in [1.165, 1.54) is 428 Å². The first-order valence-corrected chi connectivity index (χ1v) is 51.3. The van der Waals surface area contributed by atoms with E-state index >= 15 is 0 Å². The zero-order valence-corrected chi connectivity index (χ0v) is 77.7. The average molecular weight is 1710 g/mol. The Morgan fingerprint density at radius 2 is 0.487 bits per heavy atom. The summed E-state index contributed by atoms with van der Waals surface area (Å²) in [4.78, 5) is 19.5. The zero-order valence-electron chi connectivity index (χ0n) is 74.5. The normalized spacial score (nSPS) is 14.3. The van der Waals surface area contributed by atoms with Gasteiger partial charge in [0.2, 0.25) is 0 Å². The summed E-state index contributed by atoms with van der Waals surface area (Å²) < 4.78 is 1.90. The third kappa shape index (κ3) is 27.0. The fraction of sp³-hybridized carbons (Fsp3) is 0.604. The molecule has 636 valence electrons. The van der Waals surface area contributed by atoms with Crippen LogP contribution >= 0.6 is 31.9 Å². The van der Waals surface area contributed by atoms with E-state index in [9.17, 15) is 0 Å². The van der Waals surface area contributed by atoms with Crippen LogP contribution in [0.15, 0.2) is 118 Å². The number of nitrogens with one attached hydrogen (secondary N) is 2. The molecule has 0 radical (unpaired) electrons. The molecule has 2 aliphatic heterocycles. The zero-order chi connectivity index (χ0) is 81.2.